The topological polar surface area (TPSA) is 32.7 Å². The molecular weight excluding hydrogens is 293 g/mol. The maximum absolute atomic E-state index is 12.9. The van der Waals surface area contributed by atoms with Crippen molar-refractivity contribution in [2.24, 2.45) is 0 Å². The summed E-state index contributed by atoms with van der Waals surface area (Å²) in [6, 6.07) is 13.3. The van der Waals surface area contributed by atoms with Gasteiger partial charge in [0.05, 0.1) is 0 Å². The van der Waals surface area contributed by atoms with Crippen molar-refractivity contribution in [2.75, 3.05) is 26.2 Å². The van der Waals surface area contributed by atoms with E-state index in [-0.39, 0.29) is 5.82 Å². The molecule has 1 saturated heterocycles. The number of halogens is 1. The fourth-order valence-electron chi connectivity index (χ4n) is 2.88. The van der Waals surface area contributed by atoms with E-state index in [1.807, 2.05) is 24.3 Å². The molecule has 3 nitrogen and oxygen atoms in total. The van der Waals surface area contributed by atoms with Crippen molar-refractivity contribution in [3.8, 4) is 5.75 Å². The van der Waals surface area contributed by atoms with Gasteiger partial charge in [-0.15, -0.1) is 0 Å². The van der Waals surface area contributed by atoms with Gasteiger partial charge in [0.2, 0.25) is 0 Å². The van der Waals surface area contributed by atoms with Crippen molar-refractivity contribution in [1.82, 2.24) is 4.90 Å². The van der Waals surface area contributed by atoms with Gasteiger partial charge in [-0.1, -0.05) is 24.3 Å². The van der Waals surface area contributed by atoms with Gasteiger partial charge in [-0.2, -0.15) is 0 Å². The first-order chi connectivity index (χ1) is 11.2. The van der Waals surface area contributed by atoms with Gasteiger partial charge in [-0.3, -0.25) is 4.90 Å². The molecule has 122 valence electrons. The number of ether oxygens (including phenoxy) is 1. The smallest absolute Gasteiger partial charge is 0.123 e. The highest BCUT2D eigenvalue weighted by Gasteiger charge is 2.12. The summed E-state index contributed by atoms with van der Waals surface area (Å²) in [6.07, 6.45) is 1.82. The summed E-state index contributed by atoms with van der Waals surface area (Å²) in [4.78, 5) is 2.41. The average molecular weight is 315 g/mol. The van der Waals surface area contributed by atoms with Crippen LogP contribution in [0.25, 0.3) is 0 Å². The number of hydrogen-bond donors (Lipinski definition) is 1. The summed E-state index contributed by atoms with van der Waals surface area (Å²) >= 11 is 0. The van der Waals surface area contributed by atoms with Crippen LogP contribution in [0.3, 0.4) is 0 Å². The van der Waals surface area contributed by atoms with Crippen molar-refractivity contribution in [3.05, 3.63) is 65.5 Å². The predicted molar refractivity (Wildman–Crippen MR) is 88.1 cm³/mol. The summed E-state index contributed by atoms with van der Waals surface area (Å²) in [6.45, 7) is 3.98. The van der Waals surface area contributed by atoms with Gasteiger partial charge in [-0.05, 0) is 61.3 Å². The summed E-state index contributed by atoms with van der Waals surface area (Å²) < 4.78 is 18.7. The molecule has 1 N–H and O–H groups in total. The van der Waals surface area contributed by atoms with E-state index in [2.05, 4.69) is 4.90 Å². The fraction of sp³-hybridized carbons (Fsp3) is 0.368. The maximum Gasteiger partial charge on any atom is 0.123 e. The van der Waals surface area contributed by atoms with Gasteiger partial charge in [0.15, 0.2) is 0 Å². The lowest BCUT2D eigenvalue weighted by Gasteiger charge is -2.15. The molecule has 0 amide bonds. The van der Waals surface area contributed by atoms with Crippen LogP contribution in [0.2, 0.25) is 0 Å². The Kier molecular flexibility index (Phi) is 5.26. The van der Waals surface area contributed by atoms with Crippen molar-refractivity contribution >= 4 is 0 Å². The molecule has 3 rings (SSSR count). The predicted octanol–water partition coefficient (Wildman–Crippen LogP) is 3.38. The first kappa shape index (κ1) is 16.0. The molecule has 0 aromatic heterocycles. The second-order valence-corrected chi connectivity index (χ2v) is 5.92. The van der Waals surface area contributed by atoms with Crippen LogP contribution in [-0.2, 0) is 0 Å². The molecule has 1 unspecified atom stereocenters. The van der Waals surface area contributed by atoms with E-state index < -0.39 is 6.10 Å². The highest BCUT2D eigenvalue weighted by Crippen LogP contribution is 2.24. The van der Waals surface area contributed by atoms with Crippen LogP contribution >= 0.6 is 0 Å². The summed E-state index contributed by atoms with van der Waals surface area (Å²) in [5.74, 6) is 0.502. The molecule has 4 heteroatoms. The largest absolute Gasteiger partial charge is 0.492 e. The van der Waals surface area contributed by atoms with E-state index in [1.54, 1.807) is 12.1 Å². The van der Waals surface area contributed by atoms with E-state index in [0.29, 0.717) is 12.2 Å². The van der Waals surface area contributed by atoms with Crippen molar-refractivity contribution in [3.63, 3.8) is 0 Å². The third-order valence-electron chi connectivity index (χ3n) is 4.26. The number of rotatable bonds is 6. The Labute approximate surface area is 136 Å². The van der Waals surface area contributed by atoms with E-state index in [9.17, 15) is 9.50 Å². The molecule has 23 heavy (non-hydrogen) atoms. The Morgan fingerprint density at radius 3 is 2.13 bits per heavy atom. The first-order valence-electron chi connectivity index (χ1n) is 8.11. The minimum absolute atomic E-state index is 0.303. The molecule has 0 bridgehead atoms. The van der Waals surface area contributed by atoms with E-state index in [4.69, 9.17) is 4.74 Å². The second-order valence-electron chi connectivity index (χ2n) is 5.92. The molecule has 0 radical (unpaired) electrons. The number of aliphatic hydroxyl groups excluding tert-OH is 1. The third-order valence-corrected chi connectivity index (χ3v) is 4.26. The second kappa shape index (κ2) is 7.57. The zero-order chi connectivity index (χ0) is 16.1. The molecule has 0 aliphatic carbocycles. The molecule has 0 saturated carbocycles. The highest BCUT2D eigenvalue weighted by atomic mass is 19.1. The number of likely N-dealkylation sites (tertiary alicyclic amines) is 1. The Morgan fingerprint density at radius 2 is 1.52 bits per heavy atom. The van der Waals surface area contributed by atoms with Crippen LogP contribution < -0.4 is 4.74 Å². The van der Waals surface area contributed by atoms with Crippen molar-refractivity contribution in [1.29, 1.82) is 0 Å². The van der Waals surface area contributed by atoms with Crippen LogP contribution in [0.15, 0.2) is 48.5 Å². The van der Waals surface area contributed by atoms with Crippen molar-refractivity contribution < 1.29 is 14.2 Å². The average Bonchev–Trinajstić information content (AvgIpc) is 3.09. The number of benzene rings is 2. The fourth-order valence-corrected chi connectivity index (χ4v) is 2.88. The number of nitrogens with zero attached hydrogens (tertiary/aromatic N) is 1. The quantitative estimate of drug-likeness (QED) is 0.887. The summed E-state index contributed by atoms with van der Waals surface area (Å²) in [5.41, 5.74) is 1.44. The molecule has 1 aliphatic heterocycles. The molecule has 1 heterocycles. The van der Waals surface area contributed by atoms with Crippen LogP contribution in [-0.4, -0.2) is 36.2 Å². The molecule has 1 atom stereocenters. The maximum atomic E-state index is 12.9. The van der Waals surface area contributed by atoms with Crippen LogP contribution in [0.4, 0.5) is 4.39 Å². The van der Waals surface area contributed by atoms with Gasteiger partial charge in [0.25, 0.3) is 0 Å². The standard InChI is InChI=1S/C19H22FNO2/c20-17-7-3-15(4-8-17)19(22)16-5-9-18(10-6-16)23-14-13-21-11-1-2-12-21/h3-10,19,22H,1-2,11-14H2. The Morgan fingerprint density at radius 1 is 0.957 bits per heavy atom. The minimum atomic E-state index is -0.755. The van der Waals surface area contributed by atoms with E-state index in [1.165, 1.54) is 38.1 Å². The molecular formula is C19H22FNO2. The van der Waals surface area contributed by atoms with Gasteiger partial charge in [-0.25, -0.2) is 4.39 Å². The third kappa shape index (κ3) is 4.30. The SMILES string of the molecule is OC(c1ccc(F)cc1)c1ccc(OCCN2CCCC2)cc1. The Balaban J connectivity index is 1.54. The van der Waals surface area contributed by atoms with E-state index >= 15 is 0 Å². The van der Waals surface area contributed by atoms with Crippen molar-refractivity contribution in [2.45, 2.75) is 18.9 Å². The van der Waals surface area contributed by atoms with E-state index in [0.717, 1.165) is 17.9 Å². The monoisotopic (exact) mass is 315 g/mol. The molecule has 2 aromatic rings. The molecule has 1 fully saturated rings. The first-order valence-corrected chi connectivity index (χ1v) is 8.11. The van der Waals surface area contributed by atoms with Gasteiger partial charge < -0.3 is 9.84 Å². The number of aliphatic hydroxyl groups is 1. The highest BCUT2D eigenvalue weighted by molar-refractivity contribution is 5.34. The lowest BCUT2D eigenvalue weighted by molar-refractivity contribution is 0.219. The Bertz CT molecular complexity index is 606. The molecule has 1 aliphatic rings. The van der Waals surface area contributed by atoms with Crippen LogP contribution in [0.5, 0.6) is 5.75 Å². The zero-order valence-electron chi connectivity index (χ0n) is 13.1. The number of hydrogen-bond acceptors (Lipinski definition) is 3. The Hall–Kier alpha value is -1.91. The lowest BCUT2D eigenvalue weighted by Crippen LogP contribution is -2.25. The molecule has 2 aromatic carbocycles. The minimum Gasteiger partial charge on any atom is -0.492 e. The van der Waals surface area contributed by atoms with Gasteiger partial charge in [0, 0.05) is 6.54 Å². The van der Waals surface area contributed by atoms with Gasteiger partial charge >= 0.3 is 0 Å². The summed E-state index contributed by atoms with van der Waals surface area (Å²) in [5, 5.41) is 10.3. The van der Waals surface area contributed by atoms with Gasteiger partial charge in [0.1, 0.15) is 24.3 Å². The lowest BCUT2D eigenvalue weighted by atomic mass is 10.0. The summed E-state index contributed by atoms with van der Waals surface area (Å²) in [7, 11) is 0. The normalized spacial score (nSPS) is 16.4. The van der Waals surface area contributed by atoms with Crippen LogP contribution in [0.1, 0.15) is 30.1 Å². The van der Waals surface area contributed by atoms with Crippen LogP contribution in [0, 0.1) is 5.82 Å². The zero-order valence-corrected chi connectivity index (χ0v) is 13.1. The molecule has 0 spiro atoms.